The fraction of sp³-hybridized carbons (Fsp3) is 0.400. The third kappa shape index (κ3) is 3.02. The molecule has 0 saturated heterocycles. The monoisotopic (exact) mass is 337 g/mol. The number of thiazole rings is 1. The number of sulfonamides is 1. The van der Waals surface area contributed by atoms with Crippen molar-refractivity contribution < 1.29 is 8.42 Å². The Kier molecular flexibility index (Phi) is 3.96. The Morgan fingerprint density at radius 3 is 2.82 bits per heavy atom. The highest BCUT2D eigenvalue weighted by molar-refractivity contribution is 7.89. The minimum atomic E-state index is -3.67. The molecule has 0 radical (unpaired) electrons. The van der Waals surface area contributed by atoms with E-state index in [1.54, 1.807) is 23.5 Å². The minimum absolute atomic E-state index is 0.166. The van der Waals surface area contributed by atoms with E-state index in [1.165, 1.54) is 0 Å². The predicted molar refractivity (Wildman–Crippen MR) is 88.8 cm³/mol. The Bertz CT molecular complexity index is 797. The first-order chi connectivity index (χ1) is 10.3. The molecule has 0 aliphatic carbocycles. The van der Waals surface area contributed by atoms with E-state index in [2.05, 4.69) is 29.1 Å². The molecule has 0 bridgehead atoms. The fourth-order valence-electron chi connectivity index (χ4n) is 2.62. The van der Waals surface area contributed by atoms with E-state index in [9.17, 15) is 8.42 Å². The molecule has 2 N–H and O–H groups in total. The van der Waals surface area contributed by atoms with Crippen molar-refractivity contribution in [2.45, 2.75) is 37.6 Å². The number of nitrogens with two attached hydrogens (primary N) is 1. The highest BCUT2D eigenvalue weighted by Crippen LogP contribution is 2.32. The number of hydrogen-bond acceptors (Lipinski definition) is 5. The van der Waals surface area contributed by atoms with Gasteiger partial charge in [-0.2, -0.15) is 0 Å². The zero-order valence-electron chi connectivity index (χ0n) is 12.6. The van der Waals surface area contributed by atoms with Gasteiger partial charge in [-0.15, -0.1) is 11.3 Å². The quantitative estimate of drug-likeness (QED) is 0.930. The van der Waals surface area contributed by atoms with Gasteiger partial charge in [-0.05, 0) is 24.1 Å². The summed E-state index contributed by atoms with van der Waals surface area (Å²) in [6.45, 7) is 5.83. The van der Waals surface area contributed by atoms with Crippen molar-refractivity contribution in [2.75, 3.05) is 11.4 Å². The molecule has 22 heavy (non-hydrogen) atoms. The molecule has 1 aliphatic heterocycles. The van der Waals surface area contributed by atoms with Gasteiger partial charge in [0.2, 0.25) is 10.0 Å². The Balaban J connectivity index is 1.86. The summed E-state index contributed by atoms with van der Waals surface area (Å²) in [4.78, 5) is 6.99. The smallest absolute Gasteiger partial charge is 0.238 e. The van der Waals surface area contributed by atoms with Crippen molar-refractivity contribution >= 4 is 27.0 Å². The molecule has 0 unspecified atom stereocenters. The first-order valence-electron chi connectivity index (χ1n) is 7.19. The second-order valence-corrected chi connectivity index (χ2v) is 8.29. The largest absolute Gasteiger partial charge is 0.365 e. The van der Waals surface area contributed by atoms with E-state index in [0.717, 1.165) is 34.9 Å². The highest BCUT2D eigenvalue weighted by atomic mass is 32.2. The van der Waals surface area contributed by atoms with Crippen LogP contribution in [0, 0.1) is 0 Å². The van der Waals surface area contributed by atoms with Crippen molar-refractivity contribution in [1.29, 1.82) is 0 Å². The third-order valence-corrected chi connectivity index (χ3v) is 5.90. The maximum Gasteiger partial charge on any atom is 0.238 e. The predicted octanol–water partition coefficient (Wildman–Crippen LogP) is 2.48. The van der Waals surface area contributed by atoms with E-state index in [0.29, 0.717) is 12.5 Å². The third-order valence-electron chi connectivity index (χ3n) is 3.79. The molecular formula is C15H19N3O2S2. The first kappa shape index (κ1) is 15.5. The first-order valence-corrected chi connectivity index (χ1v) is 9.62. The number of anilines is 1. The molecule has 1 aromatic carbocycles. The Hall–Kier alpha value is -1.44. The van der Waals surface area contributed by atoms with Crippen molar-refractivity contribution in [1.82, 2.24) is 4.98 Å². The lowest BCUT2D eigenvalue weighted by Gasteiger charge is -2.18. The molecule has 2 heterocycles. The van der Waals surface area contributed by atoms with Crippen LogP contribution in [0.25, 0.3) is 0 Å². The standard InChI is InChI=1S/C15H19N3O2S2/c1-10(2)15-17-12(9-21-15)8-18-6-5-11-3-4-13(7-14(11)18)22(16,19)20/h3-4,7,9-10H,5-6,8H2,1-2H3,(H2,16,19,20). The van der Waals surface area contributed by atoms with Gasteiger partial charge in [0, 0.05) is 23.5 Å². The lowest BCUT2D eigenvalue weighted by atomic mass is 10.2. The van der Waals surface area contributed by atoms with Crippen molar-refractivity contribution in [3.63, 3.8) is 0 Å². The summed E-state index contributed by atoms with van der Waals surface area (Å²) in [7, 11) is -3.67. The topological polar surface area (TPSA) is 76.3 Å². The molecule has 1 aromatic heterocycles. The molecular weight excluding hydrogens is 318 g/mol. The minimum Gasteiger partial charge on any atom is -0.365 e. The Morgan fingerprint density at radius 1 is 1.41 bits per heavy atom. The lowest BCUT2D eigenvalue weighted by Crippen LogP contribution is -2.20. The van der Waals surface area contributed by atoms with Gasteiger partial charge in [0.25, 0.3) is 0 Å². The second-order valence-electron chi connectivity index (χ2n) is 5.84. The van der Waals surface area contributed by atoms with Crippen LogP contribution in [0.1, 0.15) is 36.0 Å². The van der Waals surface area contributed by atoms with Gasteiger partial charge in [0.1, 0.15) is 0 Å². The van der Waals surface area contributed by atoms with Gasteiger partial charge >= 0.3 is 0 Å². The summed E-state index contributed by atoms with van der Waals surface area (Å²) >= 11 is 1.68. The van der Waals surface area contributed by atoms with Crippen molar-refractivity contribution in [2.24, 2.45) is 5.14 Å². The van der Waals surface area contributed by atoms with Gasteiger partial charge in [-0.1, -0.05) is 19.9 Å². The zero-order valence-corrected chi connectivity index (χ0v) is 14.2. The van der Waals surface area contributed by atoms with Crippen molar-refractivity contribution in [3.8, 4) is 0 Å². The Morgan fingerprint density at radius 2 is 2.18 bits per heavy atom. The summed E-state index contributed by atoms with van der Waals surface area (Å²) in [6, 6.07) is 5.11. The molecule has 5 nitrogen and oxygen atoms in total. The van der Waals surface area contributed by atoms with Crippen molar-refractivity contribution in [3.05, 3.63) is 39.8 Å². The molecule has 7 heteroatoms. The van der Waals surface area contributed by atoms with Crippen LogP contribution in [-0.2, 0) is 23.0 Å². The normalized spacial score (nSPS) is 14.6. The number of nitrogens with zero attached hydrogens (tertiary/aromatic N) is 2. The maximum absolute atomic E-state index is 11.5. The van der Waals surface area contributed by atoms with Crippen LogP contribution in [0.15, 0.2) is 28.5 Å². The molecule has 1 aliphatic rings. The molecule has 0 saturated carbocycles. The van der Waals surface area contributed by atoms with E-state index in [-0.39, 0.29) is 4.90 Å². The molecule has 3 rings (SSSR count). The second kappa shape index (κ2) is 5.64. The van der Waals surface area contributed by atoms with Crippen LogP contribution < -0.4 is 10.0 Å². The van der Waals surface area contributed by atoms with Crippen LogP contribution >= 0.6 is 11.3 Å². The zero-order chi connectivity index (χ0) is 15.9. The van der Waals surface area contributed by atoms with Gasteiger partial charge in [0.05, 0.1) is 22.1 Å². The number of rotatable bonds is 4. The average molecular weight is 337 g/mol. The van der Waals surface area contributed by atoms with E-state index in [1.807, 2.05) is 6.07 Å². The molecule has 0 fully saturated rings. The molecule has 0 spiro atoms. The van der Waals surface area contributed by atoms with Gasteiger partial charge in [0.15, 0.2) is 0 Å². The molecule has 2 aromatic rings. The number of benzene rings is 1. The number of primary sulfonamides is 1. The maximum atomic E-state index is 11.5. The van der Waals surface area contributed by atoms with Crippen LogP contribution in [0.3, 0.4) is 0 Å². The summed E-state index contributed by atoms with van der Waals surface area (Å²) in [6.07, 6.45) is 0.918. The van der Waals surface area contributed by atoms with Crippen LogP contribution in [0.2, 0.25) is 0 Å². The number of hydrogen-bond donors (Lipinski definition) is 1. The SMILES string of the molecule is CC(C)c1nc(CN2CCc3ccc(S(N)(=O)=O)cc32)cs1. The van der Waals surface area contributed by atoms with Gasteiger partial charge in [-0.3, -0.25) is 0 Å². The van der Waals surface area contributed by atoms with Gasteiger partial charge in [-0.25, -0.2) is 18.5 Å². The van der Waals surface area contributed by atoms with Crippen LogP contribution in [-0.4, -0.2) is 19.9 Å². The van der Waals surface area contributed by atoms with E-state index >= 15 is 0 Å². The summed E-state index contributed by atoms with van der Waals surface area (Å²) < 4.78 is 23.0. The number of fused-ring (bicyclic) bond motifs is 1. The number of aromatic nitrogens is 1. The lowest BCUT2D eigenvalue weighted by molar-refractivity contribution is 0.598. The molecule has 0 atom stereocenters. The van der Waals surface area contributed by atoms with E-state index < -0.39 is 10.0 Å². The fourth-order valence-corrected chi connectivity index (χ4v) is 3.98. The summed E-state index contributed by atoms with van der Waals surface area (Å²) in [5, 5.41) is 8.44. The molecule has 0 amide bonds. The average Bonchev–Trinajstić information content (AvgIpc) is 3.05. The summed E-state index contributed by atoms with van der Waals surface area (Å²) in [5.41, 5.74) is 3.14. The molecule has 118 valence electrons. The van der Waals surface area contributed by atoms with Crippen LogP contribution in [0.5, 0.6) is 0 Å². The van der Waals surface area contributed by atoms with Gasteiger partial charge < -0.3 is 4.90 Å². The summed E-state index contributed by atoms with van der Waals surface area (Å²) in [5.74, 6) is 0.429. The van der Waals surface area contributed by atoms with Crippen LogP contribution in [0.4, 0.5) is 5.69 Å². The van der Waals surface area contributed by atoms with E-state index in [4.69, 9.17) is 5.14 Å². The Labute approximate surface area is 134 Å². The highest BCUT2D eigenvalue weighted by Gasteiger charge is 2.22.